The quantitative estimate of drug-likeness (QED) is 0.900. The van der Waals surface area contributed by atoms with E-state index < -0.39 is 24.9 Å². The fourth-order valence-electron chi connectivity index (χ4n) is 2.19. The molecule has 5 nitrogen and oxygen atoms in total. The average molecular weight is 318 g/mol. The Morgan fingerprint density at radius 1 is 1.50 bits per heavy atom. The molecule has 0 radical (unpaired) electrons. The summed E-state index contributed by atoms with van der Waals surface area (Å²) in [5.74, 6) is 0.0663. The Labute approximate surface area is 125 Å². The molecule has 2 amide bonds. The van der Waals surface area contributed by atoms with Crippen molar-refractivity contribution in [1.29, 1.82) is 0 Å². The van der Waals surface area contributed by atoms with Crippen LogP contribution in [0.15, 0.2) is 18.2 Å². The molecular formula is C14H17F3N2O3. The van der Waals surface area contributed by atoms with Crippen molar-refractivity contribution in [3.8, 4) is 5.75 Å². The fraction of sp³-hybridized carbons (Fsp3) is 0.500. The molecule has 1 saturated heterocycles. The van der Waals surface area contributed by atoms with E-state index in [1.54, 1.807) is 13.0 Å². The number of β-amino-alcohol motifs (C(OH)–C–C–N with tert-alkyl or cyclic N) is 1. The monoisotopic (exact) mass is 318 g/mol. The van der Waals surface area contributed by atoms with Gasteiger partial charge in [-0.3, -0.25) is 0 Å². The number of carbonyl (C=O) groups is 1. The Balaban J connectivity index is 2.03. The molecule has 8 heteroatoms. The molecule has 0 bridgehead atoms. The summed E-state index contributed by atoms with van der Waals surface area (Å²) >= 11 is 0. The van der Waals surface area contributed by atoms with Gasteiger partial charge in [0.15, 0.2) is 6.61 Å². The number of nitrogens with one attached hydrogen (secondary N) is 1. The molecule has 1 aromatic rings. The molecule has 0 aromatic heterocycles. The molecular weight excluding hydrogens is 301 g/mol. The second-order valence-electron chi connectivity index (χ2n) is 5.15. The van der Waals surface area contributed by atoms with Crippen LogP contribution in [0.25, 0.3) is 0 Å². The fourth-order valence-corrected chi connectivity index (χ4v) is 2.19. The van der Waals surface area contributed by atoms with Crippen molar-refractivity contribution in [1.82, 2.24) is 4.90 Å². The van der Waals surface area contributed by atoms with Crippen LogP contribution in [0.2, 0.25) is 0 Å². The number of aliphatic hydroxyl groups is 1. The minimum absolute atomic E-state index is 0.0663. The summed E-state index contributed by atoms with van der Waals surface area (Å²) < 4.78 is 41.3. The number of ether oxygens (including phenoxy) is 1. The third kappa shape index (κ3) is 4.27. The summed E-state index contributed by atoms with van der Waals surface area (Å²) in [7, 11) is 0. The molecule has 22 heavy (non-hydrogen) atoms. The number of urea groups is 1. The summed E-state index contributed by atoms with van der Waals surface area (Å²) in [5, 5.41) is 12.0. The van der Waals surface area contributed by atoms with Gasteiger partial charge in [0.05, 0.1) is 6.10 Å². The number of rotatable bonds is 3. The van der Waals surface area contributed by atoms with Crippen LogP contribution in [0.4, 0.5) is 23.7 Å². The number of benzene rings is 1. The number of halogens is 3. The number of nitrogens with zero attached hydrogens (tertiary/aromatic N) is 1. The van der Waals surface area contributed by atoms with E-state index in [2.05, 4.69) is 5.32 Å². The molecule has 2 N–H and O–H groups in total. The maximum Gasteiger partial charge on any atom is 0.422 e. The van der Waals surface area contributed by atoms with Crippen LogP contribution in [0.1, 0.15) is 12.0 Å². The first-order valence-corrected chi connectivity index (χ1v) is 6.79. The highest BCUT2D eigenvalue weighted by Gasteiger charge is 2.29. The molecule has 1 atom stereocenters. The van der Waals surface area contributed by atoms with Crippen LogP contribution >= 0.6 is 0 Å². The molecule has 0 aliphatic carbocycles. The minimum Gasteiger partial charge on any atom is -0.484 e. The van der Waals surface area contributed by atoms with Gasteiger partial charge in [0, 0.05) is 24.3 Å². The van der Waals surface area contributed by atoms with Crippen LogP contribution in [-0.2, 0) is 0 Å². The Bertz CT molecular complexity index is 549. The summed E-state index contributed by atoms with van der Waals surface area (Å²) in [6, 6.07) is 4.11. The van der Waals surface area contributed by atoms with Crippen molar-refractivity contribution in [2.75, 3.05) is 25.0 Å². The first-order chi connectivity index (χ1) is 10.3. The largest absolute Gasteiger partial charge is 0.484 e. The lowest BCUT2D eigenvalue weighted by Gasteiger charge is -2.19. The van der Waals surface area contributed by atoms with Gasteiger partial charge in [-0.15, -0.1) is 0 Å². The van der Waals surface area contributed by atoms with Gasteiger partial charge in [0.1, 0.15) is 5.75 Å². The number of carbonyl (C=O) groups excluding carboxylic acids is 1. The van der Waals surface area contributed by atoms with Gasteiger partial charge in [0.25, 0.3) is 0 Å². The van der Waals surface area contributed by atoms with Gasteiger partial charge in [-0.1, -0.05) is 6.07 Å². The molecule has 1 aromatic carbocycles. The van der Waals surface area contributed by atoms with E-state index in [0.29, 0.717) is 24.2 Å². The first kappa shape index (κ1) is 16.4. The average Bonchev–Trinajstić information content (AvgIpc) is 2.85. The van der Waals surface area contributed by atoms with E-state index in [9.17, 15) is 23.1 Å². The van der Waals surface area contributed by atoms with Crippen molar-refractivity contribution in [2.45, 2.75) is 25.6 Å². The molecule has 0 unspecified atom stereocenters. The highest BCUT2D eigenvalue weighted by molar-refractivity contribution is 5.90. The highest BCUT2D eigenvalue weighted by Crippen LogP contribution is 2.27. The first-order valence-electron chi connectivity index (χ1n) is 6.79. The van der Waals surface area contributed by atoms with Crippen molar-refractivity contribution in [3.05, 3.63) is 23.8 Å². The van der Waals surface area contributed by atoms with Gasteiger partial charge >= 0.3 is 12.2 Å². The molecule has 1 heterocycles. The molecule has 2 rings (SSSR count). The summed E-state index contributed by atoms with van der Waals surface area (Å²) in [6.07, 6.45) is -4.44. The lowest BCUT2D eigenvalue weighted by atomic mass is 10.2. The van der Waals surface area contributed by atoms with Gasteiger partial charge in [-0.05, 0) is 25.5 Å². The lowest BCUT2D eigenvalue weighted by molar-refractivity contribution is -0.153. The molecule has 1 aliphatic rings. The van der Waals surface area contributed by atoms with E-state index in [4.69, 9.17) is 4.74 Å². The maximum absolute atomic E-state index is 12.2. The zero-order valence-electron chi connectivity index (χ0n) is 12.0. The normalized spacial score (nSPS) is 18.4. The highest BCUT2D eigenvalue weighted by atomic mass is 19.4. The van der Waals surface area contributed by atoms with Gasteiger partial charge < -0.3 is 20.1 Å². The van der Waals surface area contributed by atoms with E-state index in [0.717, 1.165) is 0 Å². The number of amides is 2. The molecule has 1 aliphatic heterocycles. The van der Waals surface area contributed by atoms with Crippen LogP contribution in [-0.4, -0.2) is 48.0 Å². The van der Waals surface area contributed by atoms with Crippen LogP contribution in [0.3, 0.4) is 0 Å². The maximum atomic E-state index is 12.2. The van der Waals surface area contributed by atoms with E-state index in [-0.39, 0.29) is 12.3 Å². The molecule has 0 spiro atoms. The summed E-state index contributed by atoms with van der Waals surface area (Å²) in [5.41, 5.74) is 0.797. The van der Waals surface area contributed by atoms with Crippen molar-refractivity contribution in [3.63, 3.8) is 0 Å². The molecule has 0 saturated carbocycles. The number of likely N-dealkylation sites (tertiary alicyclic amines) is 1. The Morgan fingerprint density at radius 2 is 2.23 bits per heavy atom. The second-order valence-corrected chi connectivity index (χ2v) is 5.15. The van der Waals surface area contributed by atoms with Crippen molar-refractivity contribution in [2.24, 2.45) is 0 Å². The zero-order valence-corrected chi connectivity index (χ0v) is 12.0. The van der Waals surface area contributed by atoms with Gasteiger partial charge in [-0.25, -0.2) is 4.79 Å². The van der Waals surface area contributed by atoms with E-state index >= 15 is 0 Å². The van der Waals surface area contributed by atoms with E-state index in [1.807, 2.05) is 0 Å². The van der Waals surface area contributed by atoms with Crippen molar-refractivity contribution < 1.29 is 27.8 Å². The molecule has 1 fully saturated rings. The van der Waals surface area contributed by atoms with Gasteiger partial charge in [-0.2, -0.15) is 13.2 Å². The SMILES string of the molecule is Cc1c(NC(=O)N2CC[C@H](O)C2)cccc1OCC(F)(F)F. The third-order valence-electron chi connectivity index (χ3n) is 3.37. The number of hydrogen-bond donors (Lipinski definition) is 2. The Kier molecular flexibility index (Phi) is 4.80. The van der Waals surface area contributed by atoms with Crippen LogP contribution in [0, 0.1) is 6.92 Å². The topological polar surface area (TPSA) is 61.8 Å². The standard InChI is InChI=1S/C14H17F3N2O3/c1-9-11(18-13(21)19-6-5-10(20)7-19)3-2-4-12(9)22-8-14(15,16)17/h2-4,10,20H,5-8H2,1H3,(H,18,21)/t10-/m0/s1. The zero-order chi connectivity index (χ0) is 16.3. The van der Waals surface area contributed by atoms with Gasteiger partial charge in [0.2, 0.25) is 0 Å². The second kappa shape index (κ2) is 6.43. The Hall–Kier alpha value is -1.96. The minimum atomic E-state index is -4.42. The number of hydrogen-bond acceptors (Lipinski definition) is 3. The van der Waals surface area contributed by atoms with Crippen molar-refractivity contribution >= 4 is 11.7 Å². The predicted molar refractivity (Wildman–Crippen MR) is 73.9 cm³/mol. The molecule has 122 valence electrons. The lowest BCUT2D eigenvalue weighted by Crippen LogP contribution is -2.33. The smallest absolute Gasteiger partial charge is 0.422 e. The predicted octanol–water partition coefficient (Wildman–Crippen LogP) is 2.53. The summed E-state index contributed by atoms with van der Waals surface area (Å²) in [4.78, 5) is 13.5. The number of aliphatic hydroxyl groups excluding tert-OH is 1. The van der Waals surface area contributed by atoms with Crippen LogP contribution < -0.4 is 10.1 Å². The third-order valence-corrected chi connectivity index (χ3v) is 3.37. The number of alkyl halides is 3. The Morgan fingerprint density at radius 3 is 2.82 bits per heavy atom. The summed E-state index contributed by atoms with van der Waals surface area (Å²) in [6.45, 7) is 0.870. The number of anilines is 1. The van der Waals surface area contributed by atoms with Crippen LogP contribution in [0.5, 0.6) is 5.75 Å². The van der Waals surface area contributed by atoms with E-state index in [1.165, 1.54) is 17.0 Å².